The third-order valence-electron chi connectivity index (χ3n) is 17.5. The lowest BCUT2D eigenvalue weighted by atomic mass is 10.0. The maximum atomic E-state index is 12.9. The molecule has 10 heteroatoms. The number of carbonyl (C=O) groups excluding carboxylic acids is 2. The number of esters is 2. The number of hydrogen-bond acceptors (Lipinski definition) is 7. The second kappa shape index (κ2) is 67.9. The third-order valence-corrected chi connectivity index (χ3v) is 18.4. The highest BCUT2D eigenvalue weighted by atomic mass is 31.2. The van der Waals surface area contributed by atoms with Crippen LogP contribution in [0, 0.1) is 0 Å². The minimum absolute atomic E-state index is 0.0357. The summed E-state index contributed by atoms with van der Waals surface area (Å²) in [5.74, 6) is -0.771. The van der Waals surface area contributed by atoms with Gasteiger partial charge in [0, 0.05) is 12.8 Å². The fraction of sp³-hybridized carbons (Fsp3) is 0.921. The fourth-order valence-electron chi connectivity index (χ4n) is 11.6. The molecule has 2 unspecified atom stereocenters. The molecule has 0 saturated heterocycles. The molecule has 1 N–H and O–H groups in total. The Morgan fingerprint density at radius 3 is 0.860 bits per heavy atom. The van der Waals surface area contributed by atoms with Gasteiger partial charge < -0.3 is 18.9 Å². The van der Waals surface area contributed by atoms with Crippen LogP contribution in [0.3, 0.4) is 0 Å². The minimum atomic E-state index is -4.39. The van der Waals surface area contributed by atoms with E-state index >= 15 is 0 Å². The van der Waals surface area contributed by atoms with Gasteiger partial charge in [-0.1, -0.05) is 346 Å². The number of carbonyl (C=O) groups is 2. The van der Waals surface area contributed by atoms with Crippen molar-refractivity contribution in [2.75, 3.05) is 47.5 Å². The van der Waals surface area contributed by atoms with Crippen molar-refractivity contribution < 1.29 is 42.1 Å². The van der Waals surface area contributed by atoms with Crippen molar-refractivity contribution in [3.8, 4) is 0 Å². The number of nitrogens with zero attached hydrogens (tertiary/aromatic N) is 1. The van der Waals surface area contributed by atoms with Gasteiger partial charge in [0.15, 0.2) is 6.10 Å². The average molecular weight is 1240 g/mol. The van der Waals surface area contributed by atoms with Gasteiger partial charge in [-0.3, -0.25) is 18.6 Å². The van der Waals surface area contributed by atoms with Crippen molar-refractivity contribution >= 4 is 19.8 Å². The molecule has 0 aliphatic heterocycles. The van der Waals surface area contributed by atoms with E-state index < -0.39 is 26.5 Å². The van der Waals surface area contributed by atoms with Gasteiger partial charge in [0.05, 0.1) is 27.7 Å². The lowest BCUT2D eigenvalue weighted by Crippen LogP contribution is -2.37. The van der Waals surface area contributed by atoms with Crippen molar-refractivity contribution in [3.05, 3.63) is 24.3 Å². The lowest BCUT2D eigenvalue weighted by molar-refractivity contribution is -0.870. The molecule has 0 heterocycles. The lowest BCUT2D eigenvalue weighted by Gasteiger charge is -2.24. The first-order valence-corrected chi connectivity index (χ1v) is 39.6. The molecule has 0 aromatic carbocycles. The summed E-state index contributed by atoms with van der Waals surface area (Å²) < 4.78 is 34.8. The quantitative estimate of drug-likeness (QED) is 0.0211. The Morgan fingerprint density at radius 1 is 0.349 bits per heavy atom. The molecular weight excluding hydrogens is 1090 g/mol. The highest BCUT2D eigenvalue weighted by molar-refractivity contribution is 7.47. The van der Waals surface area contributed by atoms with E-state index in [1.807, 2.05) is 21.1 Å². The van der Waals surface area contributed by atoms with Crippen LogP contribution in [0.2, 0.25) is 0 Å². The Labute approximate surface area is 536 Å². The van der Waals surface area contributed by atoms with Gasteiger partial charge in [-0.25, -0.2) is 4.57 Å². The Hall–Kier alpha value is -1.51. The van der Waals surface area contributed by atoms with Crippen molar-refractivity contribution in [1.82, 2.24) is 0 Å². The zero-order chi connectivity index (χ0) is 62.6. The van der Waals surface area contributed by atoms with E-state index in [2.05, 4.69) is 38.2 Å². The van der Waals surface area contributed by atoms with Gasteiger partial charge in [0.2, 0.25) is 0 Å². The van der Waals surface area contributed by atoms with Gasteiger partial charge in [0.1, 0.15) is 19.8 Å². The van der Waals surface area contributed by atoms with E-state index in [9.17, 15) is 19.0 Å². The van der Waals surface area contributed by atoms with Crippen molar-refractivity contribution in [1.29, 1.82) is 0 Å². The molecule has 0 amide bonds. The van der Waals surface area contributed by atoms with Crippen LogP contribution < -0.4 is 0 Å². The largest absolute Gasteiger partial charge is 0.472 e. The van der Waals surface area contributed by atoms with E-state index in [1.165, 1.54) is 334 Å². The topological polar surface area (TPSA) is 108 Å². The second-order valence-corrected chi connectivity index (χ2v) is 28.8. The van der Waals surface area contributed by atoms with Crippen LogP contribution in [0.15, 0.2) is 24.3 Å². The Morgan fingerprint density at radius 2 is 0.593 bits per heavy atom. The summed E-state index contributed by atoms with van der Waals surface area (Å²) in [5.41, 5.74) is 0. The molecule has 0 aliphatic carbocycles. The molecule has 0 aliphatic rings. The van der Waals surface area contributed by atoms with Crippen LogP contribution in [0.25, 0.3) is 0 Å². The number of rotatable bonds is 72. The first kappa shape index (κ1) is 84.5. The zero-order valence-electron chi connectivity index (χ0n) is 58.3. The van der Waals surface area contributed by atoms with E-state index in [0.717, 1.165) is 38.5 Å². The number of likely N-dealkylation sites (N-methyl/N-ethyl adjacent to an activating group) is 1. The molecule has 0 spiro atoms. The third kappa shape index (κ3) is 71.6. The van der Waals surface area contributed by atoms with Crippen LogP contribution in [0.4, 0.5) is 0 Å². The average Bonchev–Trinajstić information content (AvgIpc) is 3.70. The van der Waals surface area contributed by atoms with E-state index in [1.54, 1.807) is 0 Å². The van der Waals surface area contributed by atoms with Gasteiger partial charge in [0.25, 0.3) is 0 Å². The molecule has 86 heavy (non-hydrogen) atoms. The summed E-state index contributed by atoms with van der Waals surface area (Å²) >= 11 is 0. The van der Waals surface area contributed by atoms with Crippen LogP contribution >= 0.6 is 7.82 Å². The van der Waals surface area contributed by atoms with Crippen LogP contribution in [-0.4, -0.2) is 74.9 Å². The first-order chi connectivity index (χ1) is 42.0. The molecule has 510 valence electrons. The summed E-state index contributed by atoms with van der Waals surface area (Å²) in [6.45, 7) is 4.52. The summed E-state index contributed by atoms with van der Waals surface area (Å²) in [7, 11) is 1.50. The number of allylic oxidation sites excluding steroid dienone is 4. The molecular formula is C76H149NO8P+. The monoisotopic (exact) mass is 1240 g/mol. The zero-order valence-corrected chi connectivity index (χ0v) is 59.2. The summed E-state index contributed by atoms with van der Waals surface area (Å²) in [6.07, 6.45) is 86.0. The highest BCUT2D eigenvalue weighted by Crippen LogP contribution is 2.43. The number of ether oxygens (including phenoxy) is 2. The minimum Gasteiger partial charge on any atom is -0.462 e. The van der Waals surface area contributed by atoms with Gasteiger partial charge in [-0.2, -0.15) is 0 Å². The van der Waals surface area contributed by atoms with Gasteiger partial charge in [-0.15, -0.1) is 0 Å². The van der Waals surface area contributed by atoms with Crippen molar-refractivity contribution in [2.24, 2.45) is 0 Å². The summed E-state index contributed by atoms with van der Waals surface area (Å²) in [5, 5.41) is 0. The van der Waals surface area contributed by atoms with E-state index in [4.69, 9.17) is 18.5 Å². The van der Waals surface area contributed by atoms with E-state index in [0.29, 0.717) is 17.4 Å². The predicted molar refractivity (Wildman–Crippen MR) is 372 cm³/mol. The number of quaternary nitrogens is 1. The number of unbranched alkanes of at least 4 members (excludes halogenated alkanes) is 54. The maximum absolute atomic E-state index is 12.9. The molecule has 0 rings (SSSR count). The normalized spacial score (nSPS) is 13.1. The molecule has 2 atom stereocenters. The Balaban J connectivity index is 3.94. The summed E-state index contributed by atoms with van der Waals surface area (Å²) in [4.78, 5) is 35.9. The molecule has 0 bridgehead atoms. The number of phosphoric ester groups is 1. The Bertz CT molecular complexity index is 1500. The van der Waals surface area contributed by atoms with Crippen molar-refractivity contribution in [3.63, 3.8) is 0 Å². The highest BCUT2D eigenvalue weighted by Gasteiger charge is 2.27. The van der Waals surface area contributed by atoms with Gasteiger partial charge in [-0.05, 0) is 64.2 Å². The van der Waals surface area contributed by atoms with Crippen molar-refractivity contribution in [2.45, 2.75) is 405 Å². The number of phosphoric acid groups is 1. The summed E-state index contributed by atoms with van der Waals surface area (Å²) in [6, 6.07) is 0. The van der Waals surface area contributed by atoms with Crippen LogP contribution in [-0.2, 0) is 32.7 Å². The number of hydrogen-bond donors (Lipinski definition) is 1. The van der Waals surface area contributed by atoms with E-state index in [-0.39, 0.29) is 25.6 Å². The molecule has 0 aromatic heterocycles. The second-order valence-electron chi connectivity index (χ2n) is 27.4. The first-order valence-electron chi connectivity index (χ1n) is 38.1. The molecule has 0 fully saturated rings. The predicted octanol–water partition coefficient (Wildman–Crippen LogP) is 24.8. The smallest absolute Gasteiger partial charge is 0.462 e. The molecule has 0 saturated carbocycles. The van der Waals surface area contributed by atoms with Gasteiger partial charge >= 0.3 is 19.8 Å². The van der Waals surface area contributed by atoms with Crippen LogP contribution in [0.5, 0.6) is 0 Å². The van der Waals surface area contributed by atoms with Crippen LogP contribution in [0.1, 0.15) is 399 Å². The molecule has 0 radical (unpaired) electrons. The standard InChI is InChI=1S/C76H148NO8P/c1-6-8-10-12-14-16-18-20-22-24-26-28-30-32-34-36-37-38-39-41-43-45-47-49-51-53-55-57-59-61-63-65-67-69-76(79)85-74(73-84-86(80,81)83-71-70-77(3,4)5)72-82-75(78)68-66-64-62-60-58-56-54-52-50-48-46-44-42-40-35-33-31-29-27-25-23-21-19-17-15-13-11-9-7-2/h24-27,74H,6-23,28-73H2,1-5H3/p+1/b26-24-,27-25-. The Kier molecular flexibility index (Phi) is 66.7. The maximum Gasteiger partial charge on any atom is 0.472 e. The SMILES string of the molecule is CCCCCCCCCC/C=C\CCCCCCCCCCCCCCCCCCCCCCCC(=O)OC(COC(=O)CCCCCCCCCCCCCCCCCCC/C=C\CCCCCCCCCC)COP(=O)(O)OCC[N+](C)(C)C. The fourth-order valence-corrected chi connectivity index (χ4v) is 12.3. The molecule has 9 nitrogen and oxygen atoms in total. The molecule has 0 aromatic rings.